The fourth-order valence-electron chi connectivity index (χ4n) is 4.44. The van der Waals surface area contributed by atoms with Crippen molar-refractivity contribution < 1.29 is 19.4 Å². The first-order valence-corrected chi connectivity index (χ1v) is 13.2. The maximum atomic E-state index is 13.0. The van der Waals surface area contributed by atoms with Crippen molar-refractivity contribution in [2.45, 2.75) is 38.3 Å². The summed E-state index contributed by atoms with van der Waals surface area (Å²) in [6.45, 7) is 6.83. The van der Waals surface area contributed by atoms with E-state index in [4.69, 9.17) is 21.1 Å². The maximum absolute atomic E-state index is 13.0. The number of esters is 1. The molecule has 0 bridgehead atoms. The number of nitrogens with zero attached hydrogens (tertiary/aromatic N) is 2. The zero-order valence-corrected chi connectivity index (χ0v) is 23.8. The quantitative estimate of drug-likeness (QED) is 0.285. The third-order valence-corrected chi connectivity index (χ3v) is 6.85. The van der Waals surface area contributed by atoms with Crippen LogP contribution >= 0.6 is 11.6 Å². The van der Waals surface area contributed by atoms with E-state index in [1.807, 2.05) is 19.9 Å². The van der Waals surface area contributed by atoms with E-state index in [9.17, 15) is 20.4 Å². The number of hydrogen-bond acceptors (Lipinski definition) is 9. The molecule has 10 heteroatoms. The van der Waals surface area contributed by atoms with Gasteiger partial charge in [-0.2, -0.15) is 10.5 Å². The largest absolute Gasteiger partial charge is 0.489 e. The summed E-state index contributed by atoms with van der Waals surface area (Å²) >= 11 is 6.49. The molecule has 1 aliphatic rings. The highest BCUT2D eigenvalue weighted by Crippen LogP contribution is 2.40. The summed E-state index contributed by atoms with van der Waals surface area (Å²) in [5.41, 5.74) is 2.57. The zero-order chi connectivity index (χ0) is 29.3. The molecule has 9 nitrogen and oxygen atoms in total. The summed E-state index contributed by atoms with van der Waals surface area (Å²) in [6, 6.07) is 18.3. The van der Waals surface area contributed by atoms with Crippen molar-refractivity contribution in [2.24, 2.45) is 0 Å². The molecule has 2 aromatic carbocycles. The van der Waals surface area contributed by atoms with Gasteiger partial charge in [-0.05, 0) is 44.5 Å². The van der Waals surface area contributed by atoms with Crippen LogP contribution in [0.5, 0.6) is 5.75 Å². The molecule has 0 aromatic heterocycles. The number of aliphatic hydroxyl groups excluding tert-OH is 1. The summed E-state index contributed by atoms with van der Waals surface area (Å²) in [6.07, 6.45) is -0.798. The Hall–Kier alpha value is -3.86. The van der Waals surface area contributed by atoms with Crippen LogP contribution in [-0.4, -0.2) is 56.1 Å². The Balaban J connectivity index is 1.66. The first kappa shape index (κ1) is 30.7. The molecule has 0 fully saturated rings. The fraction of sp³-hybridized carbons (Fsp3) is 0.367. The van der Waals surface area contributed by atoms with Crippen molar-refractivity contribution in [2.75, 3.05) is 33.4 Å². The SMILES string of the molecule is COC(=O)C1=C(CNCC(C)(C)NC[C@H](O)COc2ccccc2C#N)NC(C)=C(C#N)C1c1ccccc1Cl. The number of dihydropyridines is 1. The van der Waals surface area contributed by atoms with E-state index in [-0.39, 0.29) is 13.2 Å². The van der Waals surface area contributed by atoms with E-state index >= 15 is 0 Å². The lowest BCUT2D eigenvalue weighted by molar-refractivity contribution is -0.136. The Labute approximate surface area is 240 Å². The molecule has 2 atom stereocenters. The van der Waals surface area contributed by atoms with E-state index in [0.717, 1.165) is 0 Å². The summed E-state index contributed by atoms with van der Waals surface area (Å²) in [5, 5.41) is 39.9. The van der Waals surface area contributed by atoms with Gasteiger partial charge in [0, 0.05) is 41.6 Å². The molecule has 210 valence electrons. The normalized spacial score (nSPS) is 16.1. The molecule has 0 saturated heterocycles. The predicted molar refractivity (Wildman–Crippen MR) is 152 cm³/mol. The molecule has 0 spiro atoms. The molecule has 0 amide bonds. The monoisotopic (exact) mass is 563 g/mol. The van der Waals surface area contributed by atoms with Gasteiger partial charge in [-0.3, -0.25) is 0 Å². The van der Waals surface area contributed by atoms with Gasteiger partial charge in [-0.1, -0.05) is 41.9 Å². The number of para-hydroxylation sites is 1. The van der Waals surface area contributed by atoms with Gasteiger partial charge in [0.05, 0.1) is 35.8 Å². The highest BCUT2D eigenvalue weighted by molar-refractivity contribution is 6.31. The molecule has 4 N–H and O–H groups in total. The number of ether oxygens (including phenoxy) is 2. The molecule has 0 aliphatic carbocycles. The van der Waals surface area contributed by atoms with E-state index in [2.05, 4.69) is 28.1 Å². The number of nitriles is 2. The molecule has 1 aliphatic heterocycles. The molecule has 3 rings (SSSR count). The molecular weight excluding hydrogens is 530 g/mol. The van der Waals surface area contributed by atoms with Crippen LogP contribution in [0.1, 0.15) is 37.8 Å². The standard InChI is InChI=1S/C30H34ClN5O4/c1-19-23(14-33)27(22-10-6-7-11-24(22)31)28(29(38)39-4)25(36-19)16-34-18-30(2,3)35-15-21(37)17-40-26-12-8-5-9-20(26)13-32/h5-12,21,27,34-37H,15-18H2,1-4H3/t21-,27?/m0/s1. The number of rotatable bonds is 12. The van der Waals surface area contributed by atoms with Gasteiger partial charge in [0.25, 0.3) is 0 Å². The van der Waals surface area contributed by atoms with E-state index < -0.39 is 23.5 Å². The Bertz CT molecular complexity index is 1370. The third-order valence-electron chi connectivity index (χ3n) is 6.51. The first-order chi connectivity index (χ1) is 19.1. The molecule has 1 heterocycles. The van der Waals surface area contributed by atoms with Gasteiger partial charge in [0.15, 0.2) is 0 Å². The van der Waals surface area contributed by atoms with E-state index in [1.165, 1.54) is 7.11 Å². The molecule has 40 heavy (non-hydrogen) atoms. The minimum atomic E-state index is -0.798. The average Bonchev–Trinajstić information content (AvgIpc) is 2.94. The number of benzene rings is 2. The number of carbonyl (C=O) groups is 1. The second kappa shape index (κ2) is 14.0. The number of halogens is 1. The molecule has 0 radical (unpaired) electrons. The van der Waals surface area contributed by atoms with Gasteiger partial charge < -0.3 is 30.5 Å². The number of allylic oxidation sites excluding steroid dienone is 2. The summed E-state index contributed by atoms with van der Waals surface area (Å²) in [7, 11) is 1.31. The van der Waals surface area contributed by atoms with Crippen molar-refractivity contribution >= 4 is 17.6 Å². The molecule has 0 saturated carbocycles. The highest BCUT2D eigenvalue weighted by atomic mass is 35.5. The van der Waals surface area contributed by atoms with Crippen LogP contribution in [0, 0.1) is 22.7 Å². The lowest BCUT2D eigenvalue weighted by Crippen LogP contribution is -2.51. The maximum Gasteiger partial charge on any atom is 0.336 e. The van der Waals surface area contributed by atoms with Crippen LogP contribution in [0.15, 0.2) is 71.1 Å². The van der Waals surface area contributed by atoms with Crippen LogP contribution < -0.4 is 20.7 Å². The Kier molecular flexibility index (Phi) is 10.7. The Morgan fingerprint density at radius 2 is 1.88 bits per heavy atom. The van der Waals surface area contributed by atoms with Crippen molar-refractivity contribution in [3.63, 3.8) is 0 Å². The van der Waals surface area contributed by atoms with Gasteiger partial charge in [-0.25, -0.2) is 4.79 Å². The highest BCUT2D eigenvalue weighted by Gasteiger charge is 2.36. The Morgan fingerprint density at radius 1 is 1.18 bits per heavy atom. The summed E-state index contributed by atoms with van der Waals surface area (Å²) < 4.78 is 10.7. The van der Waals surface area contributed by atoms with E-state index in [1.54, 1.807) is 49.4 Å². The average molecular weight is 564 g/mol. The molecular formula is C30H34ClN5O4. The molecule has 1 unspecified atom stereocenters. The number of hydrogen-bond donors (Lipinski definition) is 4. The van der Waals surface area contributed by atoms with Crippen LogP contribution in [0.2, 0.25) is 5.02 Å². The number of aliphatic hydroxyl groups is 1. The lowest BCUT2D eigenvalue weighted by atomic mass is 9.80. The fourth-order valence-corrected chi connectivity index (χ4v) is 4.69. The van der Waals surface area contributed by atoms with Gasteiger partial charge in [-0.15, -0.1) is 0 Å². The zero-order valence-electron chi connectivity index (χ0n) is 23.0. The van der Waals surface area contributed by atoms with Crippen molar-refractivity contribution in [1.29, 1.82) is 10.5 Å². The van der Waals surface area contributed by atoms with Crippen molar-refractivity contribution in [3.05, 3.63) is 87.2 Å². The van der Waals surface area contributed by atoms with Gasteiger partial charge >= 0.3 is 5.97 Å². The minimum Gasteiger partial charge on any atom is -0.489 e. The second-order valence-corrected chi connectivity index (χ2v) is 10.5. The van der Waals surface area contributed by atoms with Crippen LogP contribution in [0.25, 0.3) is 0 Å². The topological polar surface area (TPSA) is 139 Å². The van der Waals surface area contributed by atoms with Crippen molar-refractivity contribution in [1.82, 2.24) is 16.0 Å². The predicted octanol–water partition coefficient (Wildman–Crippen LogP) is 3.52. The summed E-state index contributed by atoms with van der Waals surface area (Å²) in [5.74, 6) is -0.789. The van der Waals surface area contributed by atoms with Gasteiger partial charge in [0.1, 0.15) is 24.5 Å². The lowest BCUT2D eigenvalue weighted by Gasteiger charge is -2.32. The van der Waals surface area contributed by atoms with Gasteiger partial charge in [0.2, 0.25) is 0 Å². The Morgan fingerprint density at radius 3 is 2.55 bits per heavy atom. The third kappa shape index (κ3) is 7.62. The minimum absolute atomic E-state index is 0.0325. The first-order valence-electron chi connectivity index (χ1n) is 12.8. The van der Waals surface area contributed by atoms with Crippen LogP contribution in [0.4, 0.5) is 0 Å². The summed E-state index contributed by atoms with van der Waals surface area (Å²) in [4.78, 5) is 13.0. The number of β-amino-alcohol motifs (C(OH)–C–C–N with tert-alkyl or cyclic N) is 1. The number of carbonyl (C=O) groups excluding carboxylic acids is 1. The van der Waals surface area contributed by atoms with Crippen molar-refractivity contribution in [3.8, 4) is 17.9 Å². The van der Waals surface area contributed by atoms with E-state index in [0.29, 0.717) is 57.5 Å². The molecule has 2 aromatic rings. The second-order valence-electron chi connectivity index (χ2n) is 10.1. The number of nitrogens with one attached hydrogen (secondary N) is 3. The van der Waals surface area contributed by atoms with Crippen LogP contribution in [-0.2, 0) is 9.53 Å². The number of methoxy groups -OCH3 is 1. The van der Waals surface area contributed by atoms with Crippen LogP contribution in [0.3, 0.4) is 0 Å². The smallest absolute Gasteiger partial charge is 0.336 e.